The molecule has 3 rings (SSSR count). The lowest BCUT2D eigenvalue weighted by molar-refractivity contribution is -0.383. The van der Waals surface area contributed by atoms with Crippen LogP contribution in [0.1, 0.15) is 5.56 Å². The zero-order chi connectivity index (χ0) is 21.7. The van der Waals surface area contributed by atoms with Gasteiger partial charge in [0.05, 0.1) is 17.0 Å². The van der Waals surface area contributed by atoms with Crippen LogP contribution in [-0.4, -0.2) is 48.1 Å². The van der Waals surface area contributed by atoms with E-state index in [9.17, 15) is 23.3 Å². The summed E-state index contributed by atoms with van der Waals surface area (Å²) in [5.74, 6) is 0.0733. The van der Waals surface area contributed by atoms with E-state index in [2.05, 4.69) is 25.6 Å². The Morgan fingerprint density at radius 2 is 1.87 bits per heavy atom. The number of nitrogens with one attached hydrogen (secondary N) is 2. The van der Waals surface area contributed by atoms with E-state index in [0.29, 0.717) is 11.4 Å². The Labute approximate surface area is 174 Å². The molecule has 1 heterocycles. The van der Waals surface area contributed by atoms with Crippen molar-refractivity contribution in [1.29, 1.82) is 0 Å². The summed E-state index contributed by atoms with van der Waals surface area (Å²) in [4.78, 5) is 22.4. The summed E-state index contributed by atoms with van der Waals surface area (Å²) in [6.07, 6.45) is 1.27. The molecule has 0 fully saturated rings. The van der Waals surface area contributed by atoms with E-state index in [1.54, 1.807) is 24.3 Å². The maximum Gasteiger partial charge on any atom is 0.300 e. The first-order valence-electron chi connectivity index (χ1n) is 8.59. The van der Waals surface area contributed by atoms with Gasteiger partial charge in [0.1, 0.15) is 0 Å². The molecule has 30 heavy (non-hydrogen) atoms. The second-order valence-corrected chi connectivity index (χ2v) is 10.8. The van der Waals surface area contributed by atoms with E-state index in [0.717, 1.165) is 22.6 Å². The number of aromatic nitrogens is 2. The molecule has 0 atom stereocenters. The number of nitro benzene ring substituents is 1. The van der Waals surface area contributed by atoms with Crippen LogP contribution < -0.4 is 10.6 Å². The molecule has 13 heteroatoms. The normalized spacial score (nSPS) is 11.4. The second kappa shape index (κ2) is 9.09. The van der Waals surface area contributed by atoms with Gasteiger partial charge in [0, 0.05) is 30.3 Å². The number of fused-ring (bicyclic) bond motifs is 1. The van der Waals surface area contributed by atoms with Crippen LogP contribution >= 0.6 is 10.8 Å². The predicted octanol–water partition coefficient (Wildman–Crippen LogP) is 2.23. The molecule has 0 radical (unpaired) electrons. The molecular weight excluding hydrogens is 434 g/mol. The van der Waals surface area contributed by atoms with Crippen LogP contribution in [-0.2, 0) is 20.1 Å². The summed E-state index contributed by atoms with van der Waals surface area (Å²) in [7, 11) is -2.33. The first kappa shape index (κ1) is 21.5. The number of nitro groups is 1. The summed E-state index contributed by atoms with van der Waals surface area (Å²) in [5, 5.41) is 24.1. The minimum atomic E-state index is -3.12. The monoisotopic (exact) mass is 451 g/mol. The standard InChI is InChI=1S/C17H17N5O6S2/c1-30(26,27)29-9-8-18-15(23)10-11-2-4-12(5-3-11)19-13-6-7-14(22(24)25)17-16(13)20-28-21-17/h2-7,19H,8-10H2,1H3,(H,18,23). The molecule has 0 bridgehead atoms. The highest BCUT2D eigenvalue weighted by molar-refractivity contribution is 8.71. The van der Waals surface area contributed by atoms with Gasteiger partial charge in [-0.2, -0.15) is 0 Å². The van der Waals surface area contributed by atoms with Gasteiger partial charge in [-0.15, -0.1) is 0 Å². The third-order valence-corrected chi connectivity index (χ3v) is 6.49. The summed E-state index contributed by atoms with van der Waals surface area (Å²) < 4.78 is 26.7. The van der Waals surface area contributed by atoms with Gasteiger partial charge in [-0.05, 0) is 44.9 Å². The molecule has 0 saturated heterocycles. The van der Waals surface area contributed by atoms with Crippen LogP contribution in [0.5, 0.6) is 0 Å². The van der Waals surface area contributed by atoms with Crippen LogP contribution in [0.15, 0.2) is 41.0 Å². The first-order chi connectivity index (χ1) is 14.2. The number of anilines is 2. The largest absolute Gasteiger partial charge is 0.355 e. The van der Waals surface area contributed by atoms with Crippen LogP contribution in [0, 0.1) is 10.1 Å². The minimum absolute atomic E-state index is 0.0485. The Kier molecular flexibility index (Phi) is 6.52. The molecule has 158 valence electrons. The average molecular weight is 451 g/mol. The second-order valence-electron chi connectivity index (χ2n) is 6.23. The van der Waals surface area contributed by atoms with Crippen LogP contribution in [0.3, 0.4) is 0 Å². The minimum Gasteiger partial charge on any atom is -0.355 e. The molecule has 0 aliphatic carbocycles. The van der Waals surface area contributed by atoms with E-state index in [-0.39, 0.29) is 41.3 Å². The van der Waals surface area contributed by atoms with Crippen molar-refractivity contribution in [3.63, 3.8) is 0 Å². The topological polar surface area (TPSA) is 157 Å². The smallest absolute Gasteiger partial charge is 0.300 e. The van der Waals surface area contributed by atoms with Gasteiger partial charge >= 0.3 is 5.69 Å². The first-order valence-corrected chi connectivity index (χ1v) is 12.0. The lowest BCUT2D eigenvalue weighted by Crippen LogP contribution is -2.27. The fourth-order valence-electron chi connectivity index (χ4n) is 2.59. The summed E-state index contributed by atoms with van der Waals surface area (Å²) >= 11 is 0. The lowest BCUT2D eigenvalue weighted by atomic mass is 10.1. The van der Waals surface area contributed by atoms with E-state index < -0.39 is 13.8 Å². The predicted molar refractivity (Wildman–Crippen MR) is 112 cm³/mol. The molecule has 0 spiro atoms. The van der Waals surface area contributed by atoms with Crippen molar-refractivity contribution in [2.45, 2.75) is 6.42 Å². The Balaban J connectivity index is 1.59. The zero-order valence-electron chi connectivity index (χ0n) is 15.7. The molecule has 1 aromatic heterocycles. The van der Waals surface area contributed by atoms with Crippen molar-refractivity contribution < 1.29 is 22.8 Å². The highest BCUT2D eigenvalue weighted by Gasteiger charge is 2.19. The SMILES string of the molecule is CS(=O)(=O)SCCNC(=O)Cc1ccc(Nc2ccc([N+](=O)[O-])c3nonc23)cc1. The quantitative estimate of drug-likeness (QED) is 0.214. The average Bonchev–Trinajstić information content (AvgIpc) is 3.16. The van der Waals surface area contributed by atoms with Crippen molar-refractivity contribution in [3.8, 4) is 0 Å². The van der Waals surface area contributed by atoms with Gasteiger partial charge in [0.15, 0.2) is 14.4 Å². The molecule has 2 aromatic carbocycles. The number of non-ortho nitro benzene ring substituents is 1. The molecule has 3 aromatic rings. The molecule has 1 amide bonds. The number of hydrogen-bond donors (Lipinski definition) is 2. The zero-order valence-corrected chi connectivity index (χ0v) is 17.3. The molecule has 0 aliphatic rings. The van der Waals surface area contributed by atoms with Gasteiger partial charge in [-0.1, -0.05) is 12.1 Å². The third kappa shape index (κ3) is 5.67. The van der Waals surface area contributed by atoms with Crippen molar-refractivity contribution in [3.05, 3.63) is 52.1 Å². The maximum absolute atomic E-state index is 12.0. The van der Waals surface area contributed by atoms with Gasteiger partial charge in [0.2, 0.25) is 11.4 Å². The summed E-state index contributed by atoms with van der Waals surface area (Å²) in [6, 6.07) is 9.86. The van der Waals surface area contributed by atoms with Crippen molar-refractivity contribution >= 4 is 53.7 Å². The number of benzene rings is 2. The van der Waals surface area contributed by atoms with E-state index in [4.69, 9.17) is 0 Å². The highest BCUT2D eigenvalue weighted by Crippen LogP contribution is 2.30. The molecule has 0 unspecified atom stereocenters. The van der Waals surface area contributed by atoms with Crippen LogP contribution in [0.4, 0.5) is 17.1 Å². The Hall–Kier alpha value is -3.19. The van der Waals surface area contributed by atoms with Gasteiger partial charge < -0.3 is 10.6 Å². The molecular formula is C17H17N5O6S2. The van der Waals surface area contributed by atoms with Crippen molar-refractivity contribution in [2.24, 2.45) is 0 Å². The van der Waals surface area contributed by atoms with Crippen LogP contribution in [0.25, 0.3) is 11.0 Å². The summed E-state index contributed by atoms with van der Waals surface area (Å²) in [6.45, 7) is 0.262. The van der Waals surface area contributed by atoms with Crippen molar-refractivity contribution in [2.75, 3.05) is 23.9 Å². The molecule has 11 nitrogen and oxygen atoms in total. The number of rotatable bonds is 9. The van der Waals surface area contributed by atoms with E-state index >= 15 is 0 Å². The molecule has 2 N–H and O–H groups in total. The Morgan fingerprint density at radius 1 is 1.17 bits per heavy atom. The number of amides is 1. The fourth-order valence-corrected chi connectivity index (χ4v) is 4.24. The Morgan fingerprint density at radius 3 is 2.53 bits per heavy atom. The number of hydrogen-bond acceptors (Lipinski definition) is 10. The maximum atomic E-state index is 12.0. The molecule has 0 saturated carbocycles. The van der Waals surface area contributed by atoms with Crippen LogP contribution in [0.2, 0.25) is 0 Å². The number of carbonyl (C=O) groups excluding carboxylic acids is 1. The third-order valence-electron chi connectivity index (χ3n) is 3.91. The number of carbonyl (C=O) groups is 1. The van der Waals surface area contributed by atoms with Gasteiger partial charge in [-0.25, -0.2) is 13.0 Å². The van der Waals surface area contributed by atoms with E-state index in [1.165, 1.54) is 12.1 Å². The Bertz CT molecular complexity index is 1180. The summed E-state index contributed by atoms with van der Waals surface area (Å²) in [5.41, 5.74) is 2.03. The number of nitrogens with zero attached hydrogens (tertiary/aromatic N) is 3. The molecule has 0 aliphatic heterocycles. The lowest BCUT2D eigenvalue weighted by Gasteiger charge is -2.08. The van der Waals surface area contributed by atoms with Gasteiger partial charge in [0.25, 0.3) is 0 Å². The van der Waals surface area contributed by atoms with E-state index in [1.807, 2.05) is 0 Å². The van der Waals surface area contributed by atoms with Gasteiger partial charge in [-0.3, -0.25) is 14.9 Å². The fraction of sp³-hybridized carbons (Fsp3) is 0.235. The highest BCUT2D eigenvalue weighted by atomic mass is 33.1. The van der Waals surface area contributed by atoms with Crippen molar-refractivity contribution in [1.82, 2.24) is 15.6 Å².